The van der Waals surface area contributed by atoms with Gasteiger partial charge in [-0.1, -0.05) is 24.7 Å². The van der Waals surface area contributed by atoms with Crippen LogP contribution in [0.5, 0.6) is 0 Å². The second kappa shape index (κ2) is 6.93. The molecular formula is C14H22O2. The molecule has 0 aliphatic carbocycles. The molecule has 2 heteroatoms. The topological polar surface area (TPSA) is 18.5 Å². The fourth-order valence-electron chi connectivity index (χ4n) is 2.25. The van der Waals surface area contributed by atoms with Gasteiger partial charge in [0.25, 0.3) is 0 Å². The Morgan fingerprint density at radius 3 is 1.62 bits per heavy atom. The number of hydrogen-bond donors (Lipinski definition) is 0. The van der Waals surface area contributed by atoms with Crippen LogP contribution in [0, 0.1) is 11.8 Å². The summed E-state index contributed by atoms with van der Waals surface area (Å²) in [5, 5.41) is 0. The molecule has 2 fully saturated rings. The number of rotatable bonds is 0. The summed E-state index contributed by atoms with van der Waals surface area (Å²) in [4.78, 5) is 0. The lowest BCUT2D eigenvalue weighted by Gasteiger charge is -2.09. The van der Waals surface area contributed by atoms with Gasteiger partial charge in [0, 0.05) is 13.2 Å². The van der Waals surface area contributed by atoms with E-state index < -0.39 is 0 Å². The van der Waals surface area contributed by atoms with E-state index in [1.54, 1.807) is 0 Å². The second-order valence-electron chi connectivity index (χ2n) is 4.71. The van der Waals surface area contributed by atoms with Gasteiger partial charge in [-0.05, 0) is 38.5 Å². The van der Waals surface area contributed by atoms with E-state index in [-0.39, 0.29) is 12.2 Å². The molecule has 2 saturated heterocycles. The molecule has 2 unspecified atom stereocenters. The van der Waals surface area contributed by atoms with Gasteiger partial charge in [-0.25, -0.2) is 0 Å². The van der Waals surface area contributed by atoms with Crippen molar-refractivity contribution in [3.8, 4) is 11.8 Å². The molecule has 0 N–H and O–H groups in total. The van der Waals surface area contributed by atoms with Crippen molar-refractivity contribution >= 4 is 0 Å². The van der Waals surface area contributed by atoms with Gasteiger partial charge in [0.05, 0.1) is 0 Å². The molecule has 90 valence electrons. The van der Waals surface area contributed by atoms with Gasteiger partial charge < -0.3 is 9.47 Å². The molecule has 0 spiro atoms. The van der Waals surface area contributed by atoms with Crippen LogP contribution in [0.3, 0.4) is 0 Å². The molecule has 0 saturated carbocycles. The van der Waals surface area contributed by atoms with Crippen LogP contribution in [0.25, 0.3) is 0 Å². The Bertz CT molecular complexity index is 211. The minimum Gasteiger partial charge on any atom is -0.366 e. The average molecular weight is 222 g/mol. The van der Waals surface area contributed by atoms with Crippen molar-refractivity contribution in [2.24, 2.45) is 0 Å². The first-order valence-electron chi connectivity index (χ1n) is 6.69. The fraction of sp³-hybridized carbons (Fsp3) is 0.857. The minimum absolute atomic E-state index is 0.161. The van der Waals surface area contributed by atoms with E-state index in [4.69, 9.17) is 9.47 Å². The smallest absolute Gasteiger partial charge is 0.118 e. The molecule has 0 aromatic heterocycles. The van der Waals surface area contributed by atoms with Crippen molar-refractivity contribution in [1.29, 1.82) is 0 Å². The molecule has 2 aliphatic rings. The summed E-state index contributed by atoms with van der Waals surface area (Å²) >= 11 is 0. The van der Waals surface area contributed by atoms with E-state index in [0.29, 0.717) is 0 Å². The molecule has 0 aromatic rings. The first-order valence-corrected chi connectivity index (χ1v) is 6.69. The van der Waals surface area contributed by atoms with Gasteiger partial charge in [0.2, 0.25) is 0 Å². The van der Waals surface area contributed by atoms with E-state index >= 15 is 0 Å². The highest BCUT2D eigenvalue weighted by Gasteiger charge is 2.12. The Morgan fingerprint density at radius 2 is 1.12 bits per heavy atom. The molecule has 0 bridgehead atoms. The van der Waals surface area contributed by atoms with Crippen molar-refractivity contribution in [3.05, 3.63) is 0 Å². The van der Waals surface area contributed by atoms with Crippen LogP contribution in [0.4, 0.5) is 0 Å². The maximum Gasteiger partial charge on any atom is 0.118 e. The van der Waals surface area contributed by atoms with Crippen molar-refractivity contribution in [1.82, 2.24) is 0 Å². The lowest BCUT2D eigenvalue weighted by molar-refractivity contribution is 0.0908. The van der Waals surface area contributed by atoms with Gasteiger partial charge in [-0.15, -0.1) is 0 Å². The van der Waals surface area contributed by atoms with Crippen LogP contribution < -0.4 is 0 Å². The van der Waals surface area contributed by atoms with Crippen LogP contribution in [0.15, 0.2) is 0 Å². The Balaban J connectivity index is 1.81. The normalized spacial score (nSPS) is 32.0. The molecular weight excluding hydrogens is 200 g/mol. The first-order chi connectivity index (χ1) is 7.95. The molecule has 2 nitrogen and oxygen atoms in total. The number of hydrogen-bond acceptors (Lipinski definition) is 2. The van der Waals surface area contributed by atoms with Crippen LogP contribution in [0.1, 0.15) is 51.4 Å². The monoisotopic (exact) mass is 222 g/mol. The molecule has 2 aliphatic heterocycles. The van der Waals surface area contributed by atoms with Crippen molar-refractivity contribution in [3.63, 3.8) is 0 Å². The van der Waals surface area contributed by atoms with Crippen molar-refractivity contribution in [2.45, 2.75) is 63.6 Å². The lowest BCUT2D eigenvalue weighted by Crippen LogP contribution is -2.12. The van der Waals surface area contributed by atoms with Crippen LogP contribution in [-0.2, 0) is 9.47 Å². The summed E-state index contributed by atoms with van der Waals surface area (Å²) in [7, 11) is 0. The van der Waals surface area contributed by atoms with Crippen LogP contribution in [-0.4, -0.2) is 25.4 Å². The highest BCUT2D eigenvalue weighted by molar-refractivity contribution is 5.10. The molecule has 16 heavy (non-hydrogen) atoms. The average Bonchev–Trinajstić information content (AvgIpc) is 2.71. The van der Waals surface area contributed by atoms with Crippen molar-refractivity contribution in [2.75, 3.05) is 13.2 Å². The van der Waals surface area contributed by atoms with Gasteiger partial charge in [-0.3, -0.25) is 0 Å². The molecule has 2 rings (SSSR count). The summed E-state index contributed by atoms with van der Waals surface area (Å²) < 4.78 is 11.4. The van der Waals surface area contributed by atoms with Crippen LogP contribution in [0.2, 0.25) is 0 Å². The zero-order chi connectivity index (χ0) is 11.1. The molecule has 0 amide bonds. The lowest BCUT2D eigenvalue weighted by atomic mass is 10.1. The quantitative estimate of drug-likeness (QED) is 0.587. The third-order valence-electron chi connectivity index (χ3n) is 3.26. The predicted molar refractivity (Wildman–Crippen MR) is 64.2 cm³/mol. The Labute approximate surface area is 98.7 Å². The summed E-state index contributed by atoms with van der Waals surface area (Å²) in [6, 6.07) is 0. The molecule has 0 aromatic carbocycles. The third kappa shape index (κ3) is 4.15. The zero-order valence-corrected chi connectivity index (χ0v) is 10.0. The summed E-state index contributed by atoms with van der Waals surface area (Å²) in [6.45, 7) is 1.76. The second-order valence-corrected chi connectivity index (χ2v) is 4.71. The van der Waals surface area contributed by atoms with Gasteiger partial charge in [0.15, 0.2) is 0 Å². The Kier molecular flexibility index (Phi) is 5.18. The third-order valence-corrected chi connectivity index (χ3v) is 3.26. The summed E-state index contributed by atoms with van der Waals surface area (Å²) in [5.41, 5.74) is 0. The van der Waals surface area contributed by atoms with Gasteiger partial charge in [0.1, 0.15) is 12.2 Å². The standard InChI is InChI=1S/C14H22O2/c1-3-7-13(15-11-5-1)9-10-14-8-4-2-6-12-16-14/h13-14H,1-8,11-12H2. The van der Waals surface area contributed by atoms with E-state index in [1.807, 2.05) is 0 Å². The van der Waals surface area contributed by atoms with E-state index in [1.165, 1.54) is 38.5 Å². The number of ether oxygens (including phenoxy) is 2. The molecule has 0 radical (unpaired) electrons. The maximum absolute atomic E-state index is 5.70. The molecule has 2 heterocycles. The SMILES string of the molecule is C(#CC1CCCCCO1)C1CCCCCO1. The van der Waals surface area contributed by atoms with E-state index in [9.17, 15) is 0 Å². The Hall–Kier alpha value is -0.520. The van der Waals surface area contributed by atoms with Gasteiger partial charge in [-0.2, -0.15) is 0 Å². The van der Waals surface area contributed by atoms with E-state index in [2.05, 4.69) is 11.8 Å². The Morgan fingerprint density at radius 1 is 0.625 bits per heavy atom. The van der Waals surface area contributed by atoms with Crippen molar-refractivity contribution < 1.29 is 9.47 Å². The van der Waals surface area contributed by atoms with Gasteiger partial charge >= 0.3 is 0 Å². The summed E-state index contributed by atoms with van der Waals surface area (Å²) in [5.74, 6) is 6.52. The summed E-state index contributed by atoms with van der Waals surface area (Å²) in [6.07, 6.45) is 9.99. The zero-order valence-electron chi connectivity index (χ0n) is 10.0. The fourth-order valence-corrected chi connectivity index (χ4v) is 2.25. The first kappa shape index (κ1) is 12.0. The predicted octanol–water partition coefficient (Wildman–Crippen LogP) is 2.91. The van der Waals surface area contributed by atoms with E-state index in [0.717, 1.165) is 26.1 Å². The highest BCUT2D eigenvalue weighted by Crippen LogP contribution is 2.14. The largest absolute Gasteiger partial charge is 0.366 e. The molecule has 2 atom stereocenters. The highest BCUT2D eigenvalue weighted by atomic mass is 16.5. The maximum atomic E-state index is 5.70. The minimum atomic E-state index is 0.161. The van der Waals surface area contributed by atoms with Crippen LogP contribution >= 0.6 is 0 Å².